The number of nitrogens with one attached hydrogen (secondary N) is 1. The van der Waals surface area contributed by atoms with Crippen LogP contribution in [0.15, 0.2) is 23.1 Å². The van der Waals surface area contributed by atoms with Gasteiger partial charge in [-0.05, 0) is 31.2 Å². The second-order valence-corrected chi connectivity index (χ2v) is 8.20. The molecule has 0 saturated carbocycles. The molecule has 0 atom stereocenters. The van der Waals surface area contributed by atoms with Gasteiger partial charge in [0.1, 0.15) is 0 Å². The first-order valence-corrected chi connectivity index (χ1v) is 10.8. The summed E-state index contributed by atoms with van der Waals surface area (Å²) in [6.07, 6.45) is 0.663. The summed E-state index contributed by atoms with van der Waals surface area (Å²) in [6.45, 7) is 7.74. The number of hydrogen-bond acceptors (Lipinski definition) is 6. The summed E-state index contributed by atoms with van der Waals surface area (Å²) in [5, 5.41) is 2.83. The molecule has 0 bridgehead atoms. The number of anilines is 1. The monoisotopic (exact) mass is 398 g/mol. The molecular weight excluding hydrogens is 368 g/mol. The lowest BCUT2D eigenvalue weighted by Gasteiger charge is -2.30. The Morgan fingerprint density at radius 2 is 1.93 bits per heavy atom. The smallest absolute Gasteiger partial charge is 0.253 e. The topological polar surface area (TPSA) is 105 Å². The third-order valence-electron chi connectivity index (χ3n) is 4.57. The van der Waals surface area contributed by atoms with Crippen LogP contribution in [0.25, 0.3) is 0 Å². The van der Waals surface area contributed by atoms with Crippen LogP contribution in [0.3, 0.4) is 0 Å². The van der Waals surface area contributed by atoms with Gasteiger partial charge >= 0.3 is 0 Å². The van der Waals surface area contributed by atoms with Gasteiger partial charge in [0.25, 0.3) is 5.91 Å². The molecule has 0 aromatic heterocycles. The molecule has 1 aromatic rings. The van der Waals surface area contributed by atoms with Gasteiger partial charge in [-0.3, -0.25) is 4.79 Å². The van der Waals surface area contributed by atoms with E-state index in [4.69, 9.17) is 10.5 Å². The van der Waals surface area contributed by atoms with E-state index in [-0.39, 0.29) is 10.8 Å². The maximum absolute atomic E-state index is 12.9. The van der Waals surface area contributed by atoms with Crippen molar-refractivity contribution in [2.45, 2.75) is 25.2 Å². The number of rotatable bonds is 9. The Hall–Kier alpha value is -1.68. The summed E-state index contributed by atoms with van der Waals surface area (Å²) in [5.41, 5.74) is 6.57. The lowest BCUT2D eigenvalue weighted by Crippen LogP contribution is -2.38. The van der Waals surface area contributed by atoms with Crippen molar-refractivity contribution in [3.8, 4) is 0 Å². The predicted octanol–water partition coefficient (Wildman–Crippen LogP) is 0.632. The third-order valence-corrected chi connectivity index (χ3v) is 6.62. The van der Waals surface area contributed by atoms with Crippen molar-refractivity contribution in [3.05, 3.63) is 23.8 Å². The Morgan fingerprint density at radius 1 is 1.26 bits per heavy atom. The molecule has 152 valence electrons. The van der Waals surface area contributed by atoms with Crippen molar-refractivity contribution in [1.29, 1.82) is 0 Å². The van der Waals surface area contributed by atoms with Crippen molar-refractivity contribution in [3.63, 3.8) is 0 Å². The highest BCUT2D eigenvalue weighted by Gasteiger charge is 2.26. The Labute approximate surface area is 161 Å². The van der Waals surface area contributed by atoms with Crippen LogP contribution in [0.5, 0.6) is 0 Å². The third kappa shape index (κ3) is 5.19. The van der Waals surface area contributed by atoms with E-state index < -0.39 is 10.0 Å². The molecule has 8 nitrogen and oxygen atoms in total. The molecule has 0 radical (unpaired) electrons. The number of carbonyl (C=O) groups is 1. The molecule has 1 amide bonds. The number of amides is 1. The van der Waals surface area contributed by atoms with Crippen LogP contribution in [0.2, 0.25) is 0 Å². The number of ether oxygens (including phenoxy) is 1. The predicted molar refractivity (Wildman–Crippen MR) is 106 cm³/mol. The van der Waals surface area contributed by atoms with E-state index in [1.54, 1.807) is 26.0 Å². The maximum Gasteiger partial charge on any atom is 0.253 e. The van der Waals surface area contributed by atoms with Crippen molar-refractivity contribution >= 4 is 21.6 Å². The zero-order chi connectivity index (χ0) is 19.9. The zero-order valence-electron chi connectivity index (χ0n) is 16.1. The molecule has 1 aliphatic heterocycles. The van der Waals surface area contributed by atoms with Gasteiger partial charge in [-0.25, -0.2) is 8.42 Å². The number of nitrogens with two attached hydrogens (primary N) is 1. The van der Waals surface area contributed by atoms with Crippen LogP contribution in [0.4, 0.5) is 5.69 Å². The lowest BCUT2D eigenvalue weighted by molar-refractivity contribution is 0.0951. The van der Waals surface area contributed by atoms with Crippen LogP contribution in [-0.2, 0) is 14.8 Å². The minimum absolute atomic E-state index is 0.132. The first kappa shape index (κ1) is 21.6. The summed E-state index contributed by atoms with van der Waals surface area (Å²) >= 11 is 0. The highest BCUT2D eigenvalue weighted by molar-refractivity contribution is 7.89. The van der Waals surface area contributed by atoms with Crippen molar-refractivity contribution in [2.75, 3.05) is 57.4 Å². The average molecular weight is 399 g/mol. The highest BCUT2D eigenvalue weighted by atomic mass is 32.2. The second-order valence-electron chi connectivity index (χ2n) is 6.27. The van der Waals surface area contributed by atoms with Gasteiger partial charge in [0, 0.05) is 38.4 Å². The Morgan fingerprint density at radius 3 is 2.52 bits per heavy atom. The number of morpholine rings is 1. The van der Waals surface area contributed by atoms with Gasteiger partial charge in [0.15, 0.2) is 0 Å². The summed E-state index contributed by atoms with van der Waals surface area (Å²) in [6, 6.07) is 4.78. The molecule has 2 rings (SSSR count). The minimum atomic E-state index is -3.64. The molecule has 1 aromatic carbocycles. The fraction of sp³-hybridized carbons (Fsp3) is 0.611. The van der Waals surface area contributed by atoms with Gasteiger partial charge in [-0.1, -0.05) is 13.8 Å². The van der Waals surface area contributed by atoms with Crippen LogP contribution in [0.1, 0.15) is 30.6 Å². The molecule has 3 N–H and O–H groups in total. The summed E-state index contributed by atoms with van der Waals surface area (Å²) in [4.78, 5) is 14.9. The molecule has 9 heteroatoms. The van der Waals surface area contributed by atoms with E-state index in [1.165, 1.54) is 10.4 Å². The standard InChI is InChI=1S/C18H30N4O4S/c1-3-22(4-2)27(24,25)15-6-7-17(21-10-12-26-13-11-21)16(14-15)18(23)20-9-5-8-19/h6-7,14H,3-5,8-13,19H2,1-2H3,(H,20,23). The first-order valence-electron chi connectivity index (χ1n) is 9.40. The second kappa shape index (κ2) is 10.0. The Balaban J connectivity index is 2.42. The highest BCUT2D eigenvalue weighted by Crippen LogP contribution is 2.26. The largest absolute Gasteiger partial charge is 0.378 e. The molecule has 0 spiro atoms. The normalized spacial score (nSPS) is 15.2. The minimum Gasteiger partial charge on any atom is -0.378 e. The van der Waals surface area contributed by atoms with Gasteiger partial charge < -0.3 is 20.7 Å². The van der Waals surface area contributed by atoms with Crippen molar-refractivity contribution in [1.82, 2.24) is 9.62 Å². The van der Waals surface area contributed by atoms with Gasteiger partial charge in [-0.2, -0.15) is 4.31 Å². The summed E-state index contributed by atoms with van der Waals surface area (Å²) in [5.74, 6) is -0.290. The Bertz CT molecular complexity index is 729. The van der Waals surface area contributed by atoms with Crippen LogP contribution in [0, 0.1) is 0 Å². The molecular formula is C18H30N4O4S. The van der Waals surface area contributed by atoms with E-state index >= 15 is 0 Å². The molecule has 1 saturated heterocycles. The van der Waals surface area contributed by atoms with Crippen LogP contribution in [-0.4, -0.2) is 71.1 Å². The van der Waals surface area contributed by atoms with Gasteiger partial charge in [0.05, 0.1) is 23.7 Å². The molecule has 0 unspecified atom stereocenters. The van der Waals surface area contributed by atoms with E-state index in [0.29, 0.717) is 64.5 Å². The van der Waals surface area contributed by atoms with Crippen molar-refractivity contribution < 1.29 is 17.9 Å². The van der Waals surface area contributed by atoms with E-state index in [2.05, 4.69) is 10.2 Å². The first-order chi connectivity index (χ1) is 13.0. The maximum atomic E-state index is 12.9. The fourth-order valence-corrected chi connectivity index (χ4v) is 4.53. The van der Waals surface area contributed by atoms with E-state index in [1.807, 2.05) is 0 Å². The number of nitrogens with zero attached hydrogens (tertiary/aromatic N) is 2. The number of carbonyl (C=O) groups excluding carboxylic acids is 1. The molecule has 1 aliphatic rings. The van der Waals surface area contributed by atoms with Gasteiger partial charge in [0.2, 0.25) is 10.0 Å². The SMILES string of the molecule is CCN(CC)S(=O)(=O)c1ccc(N2CCOCC2)c(C(=O)NCCCN)c1. The van der Waals surface area contributed by atoms with Crippen LogP contribution < -0.4 is 16.0 Å². The van der Waals surface area contributed by atoms with E-state index in [0.717, 1.165) is 5.69 Å². The summed E-state index contributed by atoms with van der Waals surface area (Å²) in [7, 11) is -3.64. The van der Waals surface area contributed by atoms with Crippen molar-refractivity contribution in [2.24, 2.45) is 5.73 Å². The number of sulfonamides is 1. The fourth-order valence-electron chi connectivity index (χ4n) is 3.05. The number of hydrogen-bond donors (Lipinski definition) is 2. The average Bonchev–Trinajstić information content (AvgIpc) is 2.69. The zero-order valence-corrected chi connectivity index (χ0v) is 16.9. The molecule has 0 aliphatic carbocycles. The summed E-state index contributed by atoms with van der Waals surface area (Å²) < 4.78 is 32.5. The molecule has 1 heterocycles. The Kier molecular flexibility index (Phi) is 8.03. The van der Waals surface area contributed by atoms with E-state index in [9.17, 15) is 13.2 Å². The molecule has 1 fully saturated rings. The van der Waals surface area contributed by atoms with Crippen LogP contribution >= 0.6 is 0 Å². The quantitative estimate of drug-likeness (QED) is 0.591. The lowest BCUT2D eigenvalue weighted by atomic mass is 10.1. The molecule has 27 heavy (non-hydrogen) atoms. The number of benzene rings is 1. The van der Waals surface area contributed by atoms with Gasteiger partial charge in [-0.15, -0.1) is 0 Å².